The average molecular weight is 552 g/mol. The molecule has 7 nitrogen and oxygen atoms in total. The third-order valence-corrected chi connectivity index (χ3v) is 4.90. The number of hydrogen-bond acceptors (Lipinski definition) is 4. The number of amides is 1. The van der Waals surface area contributed by atoms with Gasteiger partial charge in [0.25, 0.3) is 0 Å². The molecular formula is C21H35ClIN5O2. The second-order valence-electron chi connectivity index (χ2n) is 8.34. The van der Waals surface area contributed by atoms with E-state index in [1.807, 2.05) is 32.9 Å². The Bertz CT molecular complexity index is 724. The van der Waals surface area contributed by atoms with Crippen molar-refractivity contribution >= 4 is 53.3 Å². The number of guanidine groups is 1. The Balaban J connectivity index is 0.00000450. The van der Waals surface area contributed by atoms with E-state index in [1.54, 1.807) is 7.05 Å². The Labute approximate surface area is 202 Å². The maximum atomic E-state index is 11.6. The molecule has 1 aliphatic heterocycles. The molecule has 0 aliphatic carbocycles. The van der Waals surface area contributed by atoms with Crippen LogP contribution in [0.2, 0.25) is 5.02 Å². The predicted molar refractivity (Wildman–Crippen MR) is 136 cm³/mol. The summed E-state index contributed by atoms with van der Waals surface area (Å²) in [4.78, 5) is 18.3. The number of hydrogen-bond donors (Lipinski definition) is 3. The monoisotopic (exact) mass is 551 g/mol. The molecule has 0 aromatic heterocycles. The number of aliphatic imine (C=N–C) groups is 1. The number of halogens is 2. The van der Waals surface area contributed by atoms with Crippen molar-refractivity contribution in [3.63, 3.8) is 0 Å². The first-order valence-electron chi connectivity index (χ1n) is 10.1. The first-order valence-corrected chi connectivity index (χ1v) is 10.5. The van der Waals surface area contributed by atoms with Crippen molar-refractivity contribution < 1.29 is 9.53 Å². The Morgan fingerprint density at radius 1 is 1.27 bits per heavy atom. The molecule has 0 radical (unpaired) electrons. The summed E-state index contributed by atoms with van der Waals surface area (Å²) in [7, 11) is 1.74. The molecule has 2 rings (SSSR count). The van der Waals surface area contributed by atoms with E-state index in [4.69, 9.17) is 16.3 Å². The van der Waals surface area contributed by atoms with Gasteiger partial charge in [-0.3, -0.25) is 4.99 Å². The topological polar surface area (TPSA) is 78.0 Å². The van der Waals surface area contributed by atoms with Gasteiger partial charge in [-0.25, -0.2) is 4.79 Å². The fraction of sp³-hybridized carbons (Fsp3) is 0.619. The second kappa shape index (κ2) is 12.4. The van der Waals surface area contributed by atoms with Gasteiger partial charge >= 0.3 is 6.09 Å². The summed E-state index contributed by atoms with van der Waals surface area (Å²) in [5, 5.41) is 10.1. The summed E-state index contributed by atoms with van der Waals surface area (Å²) in [5.74, 6) is 1.26. The summed E-state index contributed by atoms with van der Waals surface area (Å²) in [6.07, 6.45) is 0.709. The third kappa shape index (κ3) is 9.16. The zero-order chi connectivity index (χ0) is 21.4. The van der Waals surface area contributed by atoms with Crippen LogP contribution < -0.4 is 20.9 Å². The highest BCUT2D eigenvalue weighted by Gasteiger charge is 2.24. The molecule has 1 unspecified atom stereocenters. The van der Waals surface area contributed by atoms with Crippen LogP contribution in [0.25, 0.3) is 0 Å². The van der Waals surface area contributed by atoms with Crippen molar-refractivity contribution in [3.05, 3.63) is 28.8 Å². The number of carbonyl (C=O) groups excluding carboxylic acids is 1. The van der Waals surface area contributed by atoms with Crippen LogP contribution in [0, 0.1) is 12.8 Å². The third-order valence-electron chi connectivity index (χ3n) is 4.67. The van der Waals surface area contributed by atoms with E-state index in [-0.39, 0.29) is 24.0 Å². The molecule has 170 valence electrons. The smallest absolute Gasteiger partial charge is 0.407 e. The molecule has 0 spiro atoms. The van der Waals surface area contributed by atoms with Crippen molar-refractivity contribution in [1.29, 1.82) is 0 Å². The molecule has 1 fully saturated rings. The van der Waals surface area contributed by atoms with Crippen LogP contribution in [0.4, 0.5) is 10.5 Å². The van der Waals surface area contributed by atoms with Crippen molar-refractivity contribution in [2.24, 2.45) is 10.9 Å². The van der Waals surface area contributed by atoms with Gasteiger partial charge in [0.15, 0.2) is 5.96 Å². The number of ether oxygens (including phenoxy) is 1. The van der Waals surface area contributed by atoms with E-state index < -0.39 is 11.7 Å². The zero-order valence-electron chi connectivity index (χ0n) is 18.5. The fourth-order valence-electron chi connectivity index (χ4n) is 3.26. The van der Waals surface area contributed by atoms with Crippen LogP contribution in [-0.2, 0) is 4.74 Å². The summed E-state index contributed by atoms with van der Waals surface area (Å²) < 4.78 is 5.21. The van der Waals surface area contributed by atoms with Gasteiger partial charge in [-0.15, -0.1) is 24.0 Å². The van der Waals surface area contributed by atoms with E-state index in [2.05, 4.69) is 38.8 Å². The van der Waals surface area contributed by atoms with Crippen LogP contribution in [0.5, 0.6) is 0 Å². The minimum Gasteiger partial charge on any atom is -0.444 e. The van der Waals surface area contributed by atoms with Gasteiger partial charge in [-0.05, 0) is 57.7 Å². The lowest BCUT2D eigenvalue weighted by molar-refractivity contribution is 0.0529. The minimum absolute atomic E-state index is 0. The Morgan fingerprint density at radius 2 is 1.97 bits per heavy atom. The first kappa shape index (κ1) is 26.6. The molecule has 9 heteroatoms. The Hall–Kier alpha value is -1.42. The van der Waals surface area contributed by atoms with Gasteiger partial charge in [0.05, 0.1) is 0 Å². The summed E-state index contributed by atoms with van der Waals surface area (Å²) >= 11 is 6.17. The molecule has 0 saturated carbocycles. The lowest BCUT2D eigenvalue weighted by Gasteiger charge is -2.22. The van der Waals surface area contributed by atoms with Gasteiger partial charge in [-0.2, -0.15) is 0 Å². The lowest BCUT2D eigenvalue weighted by atomic mass is 10.1. The quantitative estimate of drug-likeness (QED) is 0.217. The van der Waals surface area contributed by atoms with E-state index >= 15 is 0 Å². The minimum atomic E-state index is -0.492. The SMILES string of the molecule is CN=C(NCCNC(=O)OC(C)(C)C)NCC1CCN(c2cc(Cl)ccc2C)C1.I. The lowest BCUT2D eigenvalue weighted by Crippen LogP contribution is -2.44. The summed E-state index contributed by atoms with van der Waals surface area (Å²) in [5.41, 5.74) is 1.97. The largest absolute Gasteiger partial charge is 0.444 e. The van der Waals surface area contributed by atoms with Crippen LogP contribution in [0.3, 0.4) is 0 Å². The van der Waals surface area contributed by atoms with E-state index in [1.165, 1.54) is 11.3 Å². The number of alkyl carbamates (subject to hydrolysis) is 1. The zero-order valence-corrected chi connectivity index (χ0v) is 21.6. The van der Waals surface area contributed by atoms with Crippen LogP contribution in [-0.4, -0.2) is 57.4 Å². The highest BCUT2D eigenvalue weighted by atomic mass is 127. The van der Waals surface area contributed by atoms with Gasteiger partial charge in [0.2, 0.25) is 0 Å². The summed E-state index contributed by atoms with van der Waals surface area (Å²) in [6, 6.07) is 6.05. The summed E-state index contributed by atoms with van der Waals surface area (Å²) in [6.45, 7) is 11.5. The highest BCUT2D eigenvalue weighted by molar-refractivity contribution is 14.0. The van der Waals surface area contributed by atoms with E-state index in [9.17, 15) is 4.79 Å². The molecule has 30 heavy (non-hydrogen) atoms. The second-order valence-corrected chi connectivity index (χ2v) is 8.78. The van der Waals surface area contributed by atoms with Crippen molar-refractivity contribution in [3.8, 4) is 0 Å². The molecule has 1 amide bonds. The first-order chi connectivity index (χ1) is 13.7. The number of anilines is 1. The molecular weight excluding hydrogens is 517 g/mol. The van der Waals surface area contributed by atoms with Gasteiger partial charge in [0.1, 0.15) is 5.60 Å². The van der Waals surface area contributed by atoms with Crippen LogP contribution >= 0.6 is 35.6 Å². The molecule has 1 aromatic carbocycles. The normalized spacial score (nSPS) is 16.7. The van der Waals surface area contributed by atoms with E-state index in [0.29, 0.717) is 19.0 Å². The maximum absolute atomic E-state index is 11.6. The highest BCUT2D eigenvalue weighted by Crippen LogP contribution is 2.29. The van der Waals surface area contributed by atoms with Crippen molar-refractivity contribution in [2.75, 3.05) is 44.7 Å². The molecule has 1 saturated heterocycles. The Morgan fingerprint density at radius 3 is 2.63 bits per heavy atom. The average Bonchev–Trinajstić information content (AvgIpc) is 3.10. The van der Waals surface area contributed by atoms with Crippen LogP contribution in [0.15, 0.2) is 23.2 Å². The maximum Gasteiger partial charge on any atom is 0.407 e. The standard InChI is InChI=1S/C21H34ClN5O2.HI/c1-15-6-7-17(22)12-18(15)27-11-8-16(14-27)13-26-19(23-5)24-9-10-25-20(28)29-21(2,3)4;/h6-7,12,16H,8-11,13-14H2,1-5H3,(H,25,28)(H2,23,24,26);1H. The molecule has 1 atom stereocenters. The number of rotatable bonds is 6. The number of nitrogens with one attached hydrogen (secondary N) is 3. The predicted octanol–water partition coefficient (Wildman–Crippen LogP) is 3.78. The van der Waals surface area contributed by atoms with Gasteiger partial charge in [-0.1, -0.05) is 17.7 Å². The molecule has 0 bridgehead atoms. The van der Waals surface area contributed by atoms with Crippen molar-refractivity contribution in [1.82, 2.24) is 16.0 Å². The number of nitrogens with zero attached hydrogens (tertiary/aromatic N) is 2. The molecule has 1 aromatic rings. The molecule has 3 N–H and O–H groups in total. The van der Waals surface area contributed by atoms with E-state index in [0.717, 1.165) is 37.0 Å². The molecule has 1 heterocycles. The number of benzene rings is 1. The van der Waals surface area contributed by atoms with Gasteiger partial charge in [0, 0.05) is 50.5 Å². The number of aryl methyl sites for hydroxylation is 1. The fourth-order valence-corrected chi connectivity index (χ4v) is 3.43. The Kier molecular flexibility index (Phi) is 11.0. The van der Waals surface area contributed by atoms with Crippen LogP contribution in [0.1, 0.15) is 32.8 Å². The van der Waals surface area contributed by atoms with Crippen molar-refractivity contribution in [2.45, 2.75) is 39.7 Å². The molecule has 1 aliphatic rings. The number of carbonyl (C=O) groups is 1. The van der Waals surface area contributed by atoms with Gasteiger partial charge < -0.3 is 25.6 Å².